The monoisotopic (exact) mass is 210 g/mol. The van der Waals surface area contributed by atoms with Crippen molar-refractivity contribution in [1.29, 1.82) is 0 Å². The number of aryl methyl sites for hydroxylation is 1. The molecule has 1 unspecified atom stereocenters. The number of aliphatic hydroxyl groups is 1. The van der Waals surface area contributed by atoms with Gasteiger partial charge in [-0.05, 0) is 26.0 Å². The fraction of sp³-hybridized carbons (Fsp3) is 0.400. The molecule has 0 fully saturated rings. The van der Waals surface area contributed by atoms with E-state index in [2.05, 4.69) is 10.3 Å². The van der Waals surface area contributed by atoms with E-state index in [1.807, 2.05) is 0 Å². The molecule has 5 heteroatoms. The lowest BCUT2D eigenvalue weighted by molar-refractivity contribution is 0.0921. The Balaban J connectivity index is 2.88. The molecule has 1 aromatic rings. The van der Waals surface area contributed by atoms with Crippen molar-refractivity contribution in [2.45, 2.75) is 19.9 Å². The van der Waals surface area contributed by atoms with Crippen molar-refractivity contribution in [2.75, 3.05) is 6.61 Å². The molecular weight excluding hydrogens is 196 g/mol. The number of rotatable bonds is 3. The summed E-state index contributed by atoms with van der Waals surface area (Å²) >= 11 is 0. The SMILES string of the molecule is Cc1ccc(C(=O)NC(C)CO)c(=O)[nH]1. The summed E-state index contributed by atoms with van der Waals surface area (Å²) in [6, 6.07) is 2.76. The summed E-state index contributed by atoms with van der Waals surface area (Å²) in [5.41, 5.74) is 0.338. The Hall–Kier alpha value is -1.62. The van der Waals surface area contributed by atoms with Gasteiger partial charge >= 0.3 is 0 Å². The number of aromatic nitrogens is 1. The van der Waals surface area contributed by atoms with Crippen molar-refractivity contribution in [3.05, 3.63) is 33.7 Å². The third kappa shape index (κ3) is 2.92. The highest BCUT2D eigenvalue weighted by Gasteiger charge is 2.12. The number of H-pyrrole nitrogens is 1. The van der Waals surface area contributed by atoms with Crippen molar-refractivity contribution < 1.29 is 9.90 Å². The van der Waals surface area contributed by atoms with Gasteiger partial charge in [0.1, 0.15) is 5.56 Å². The average Bonchev–Trinajstić information content (AvgIpc) is 2.17. The Morgan fingerprint density at radius 2 is 2.27 bits per heavy atom. The average molecular weight is 210 g/mol. The maximum Gasteiger partial charge on any atom is 0.260 e. The maximum atomic E-state index is 11.5. The van der Waals surface area contributed by atoms with Crippen LogP contribution in [-0.2, 0) is 0 Å². The van der Waals surface area contributed by atoms with Gasteiger partial charge in [-0.2, -0.15) is 0 Å². The summed E-state index contributed by atoms with van der Waals surface area (Å²) in [4.78, 5) is 25.4. The highest BCUT2D eigenvalue weighted by Crippen LogP contribution is 1.94. The van der Waals surface area contributed by atoms with Crippen molar-refractivity contribution >= 4 is 5.91 Å². The van der Waals surface area contributed by atoms with Crippen LogP contribution in [0.15, 0.2) is 16.9 Å². The van der Waals surface area contributed by atoms with Crippen LogP contribution in [0.4, 0.5) is 0 Å². The van der Waals surface area contributed by atoms with Crippen molar-refractivity contribution in [3.8, 4) is 0 Å². The van der Waals surface area contributed by atoms with Crippen LogP contribution in [-0.4, -0.2) is 28.6 Å². The third-order valence-electron chi connectivity index (χ3n) is 1.95. The van der Waals surface area contributed by atoms with Gasteiger partial charge in [-0.15, -0.1) is 0 Å². The number of hydrogen-bond acceptors (Lipinski definition) is 3. The third-order valence-corrected chi connectivity index (χ3v) is 1.95. The van der Waals surface area contributed by atoms with Crippen LogP contribution in [0.1, 0.15) is 23.0 Å². The molecule has 0 aliphatic carbocycles. The van der Waals surface area contributed by atoms with Gasteiger partial charge in [0.2, 0.25) is 0 Å². The first-order chi connectivity index (χ1) is 7.04. The van der Waals surface area contributed by atoms with E-state index in [-0.39, 0.29) is 18.2 Å². The van der Waals surface area contributed by atoms with E-state index in [1.54, 1.807) is 19.9 Å². The van der Waals surface area contributed by atoms with Crippen molar-refractivity contribution in [3.63, 3.8) is 0 Å². The number of carbonyl (C=O) groups is 1. The zero-order valence-corrected chi connectivity index (χ0v) is 8.70. The fourth-order valence-electron chi connectivity index (χ4n) is 1.10. The lowest BCUT2D eigenvalue weighted by atomic mass is 10.2. The fourth-order valence-corrected chi connectivity index (χ4v) is 1.10. The highest BCUT2D eigenvalue weighted by atomic mass is 16.3. The Bertz CT molecular complexity index is 411. The molecule has 0 aliphatic rings. The van der Waals surface area contributed by atoms with Crippen LogP contribution in [0, 0.1) is 6.92 Å². The largest absolute Gasteiger partial charge is 0.394 e. The number of carbonyl (C=O) groups excluding carboxylic acids is 1. The summed E-state index contributed by atoms with van der Waals surface area (Å²) in [7, 11) is 0. The molecular formula is C10H14N2O3. The predicted molar refractivity (Wildman–Crippen MR) is 55.8 cm³/mol. The van der Waals surface area contributed by atoms with Crippen molar-refractivity contribution in [2.24, 2.45) is 0 Å². The van der Waals surface area contributed by atoms with Gasteiger partial charge in [-0.25, -0.2) is 0 Å². The Morgan fingerprint density at radius 1 is 1.60 bits per heavy atom. The molecule has 3 N–H and O–H groups in total. The number of amides is 1. The molecule has 0 saturated heterocycles. The molecule has 0 spiro atoms. The molecule has 1 rings (SSSR count). The minimum atomic E-state index is -0.474. The molecule has 0 bridgehead atoms. The van der Waals surface area contributed by atoms with E-state index in [4.69, 9.17) is 5.11 Å². The van der Waals surface area contributed by atoms with Gasteiger partial charge in [0.15, 0.2) is 0 Å². The van der Waals surface area contributed by atoms with Crippen LogP contribution in [0.3, 0.4) is 0 Å². The minimum Gasteiger partial charge on any atom is -0.394 e. The summed E-state index contributed by atoms with van der Waals surface area (Å²) in [5.74, 6) is -0.474. The lowest BCUT2D eigenvalue weighted by Gasteiger charge is -2.09. The van der Waals surface area contributed by atoms with E-state index >= 15 is 0 Å². The Labute approximate surface area is 87.1 Å². The molecule has 0 saturated carbocycles. The van der Waals surface area contributed by atoms with Crippen LogP contribution in [0.2, 0.25) is 0 Å². The number of hydrogen-bond donors (Lipinski definition) is 3. The second-order valence-corrected chi connectivity index (χ2v) is 3.44. The number of nitrogens with one attached hydrogen (secondary N) is 2. The molecule has 1 aromatic heterocycles. The lowest BCUT2D eigenvalue weighted by Crippen LogP contribution is -2.37. The van der Waals surface area contributed by atoms with E-state index < -0.39 is 11.5 Å². The normalized spacial score (nSPS) is 12.2. The Morgan fingerprint density at radius 3 is 2.80 bits per heavy atom. The molecule has 0 aliphatic heterocycles. The number of pyridine rings is 1. The summed E-state index contributed by atoms with van der Waals surface area (Å²) < 4.78 is 0. The van der Waals surface area contributed by atoms with Crippen LogP contribution in [0.25, 0.3) is 0 Å². The summed E-state index contributed by atoms with van der Waals surface area (Å²) in [5, 5.41) is 11.2. The maximum absolute atomic E-state index is 11.5. The second-order valence-electron chi connectivity index (χ2n) is 3.44. The van der Waals surface area contributed by atoms with Crippen LogP contribution >= 0.6 is 0 Å². The first kappa shape index (κ1) is 11.5. The summed E-state index contributed by atoms with van der Waals surface area (Å²) in [6.07, 6.45) is 0. The van der Waals surface area contributed by atoms with Crippen LogP contribution in [0.5, 0.6) is 0 Å². The first-order valence-electron chi connectivity index (χ1n) is 4.66. The van der Waals surface area contributed by atoms with E-state index in [1.165, 1.54) is 6.07 Å². The quantitative estimate of drug-likeness (QED) is 0.645. The zero-order chi connectivity index (χ0) is 11.4. The molecule has 0 radical (unpaired) electrons. The molecule has 1 heterocycles. The van der Waals surface area contributed by atoms with E-state index in [9.17, 15) is 9.59 Å². The molecule has 82 valence electrons. The molecule has 15 heavy (non-hydrogen) atoms. The van der Waals surface area contributed by atoms with E-state index in [0.717, 1.165) is 0 Å². The number of aromatic amines is 1. The van der Waals surface area contributed by atoms with Crippen LogP contribution < -0.4 is 10.9 Å². The smallest absolute Gasteiger partial charge is 0.260 e. The molecule has 0 aromatic carbocycles. The molecule has 1 atom stereocenters. The Kier molecular flexibility index (Phi) is 3.62. The molecule has 5 nitrogen and oxygen atoms in total. The van der Waals surface area contributed by atoms with Gasteiger partial charge in [-0.1, -0.05) is 0 Å². The van der Waals surface area contributed by atoms with Gasteiger partial charge in [-0.3, -0.25) is 9.59 Å². The number of aliphatic hydroxyl groups excluding tert-OH is 1. The van der Waals surface area contributed by atoms with E-state index in [0.29, 0.717) is 5.69 Å². The first-order valence-corrected chi connectivity index (χ1v) is 4.66. The highest BCUT2D eigenvalue weighted by molar-refractivity contribution is 5.93. The molecule has 1 amide bonds. The predicted octanol–water partition coefficient (Wildman–Crippen LogP) is -0.206. The van der Waals surface area contributed by atoms with Gasteiger partial charge in [0.05, 0.1) is 6.61 Å². The topological polar surface area (TPSA) is 82.2 Å². The van der Waals surface area contributed by atoms with Gasteiger partial charge in [0, 0.05) is 11.7 Å². The zero-order valence-electron chi connectivity index (χ0n) is 8.70. The minimum absolute atomic E-state index is 0.0564. The van der Waals surface area contributed by atoms with Gasteiger partial charge in [0.25, 0.3) is 11.5 Å². The van der Waals surface area contributed by atoms with Crippen molar-refractivity contribution in [1.82, 2.24) is 10.3 Å². The summed E-state index contributed by atoms with van der Waals surface area (Å²) in [6.45, 7) is 3.23. The standard InChI is InChI=1S/C10H14N2O3/c1-6-3-4-8(9(14)11-6)10(15)12-7(2)5-13/h3-4,7,13H,5H2,1-2H3,(H,11,14)(H,12,15). The van der Waals surface area contributed by atoms with Gasteiger partial charge < -0.3 is 15.4 Å². The second kappa shape index (κ2) is 4.75.